The van der Waals surface area contributed by atoms with Gasteiger partial charge in [-0.1, -0.05) is 20.8 Å². The smallest absolute Gasteiger partial charge is 0.240 e. The molecule has 0 radical (unpaired) electrons. The largest absolute Gasteiger partial charge is 0.355 e. The monoisotopic (exact) mass is 243 g/mol. The molecule has 1 atom stereocenters. The summed E-state index contributed by atoms with van der Waals surface area (Å²) < 4.78 is 0. The lowest BCUT2D eigenvalue weighted by Gasteiger charge is -2.31. The van der Waals surface area contributed by atoms with Crippen molar-refractivity contribution in [1.29, 1.82) is 0 Å². The van der Waals surface area contributed by atoms with Crippen molar-refractivity contribution in [2.45, 2.75) is 40.7 Å². The average molecular weight is 243 g/mol. The van der Waals surface area contributed by atoms with Crippen molar-refractivity contribution < 1.29 is 9.59 Å². The lowest BCUT2D eigenvalue weighted by Crippen LogP contribution is -2.52. The molecule has 0 bridgehead atoms. The maximum absolute atomic E-state index is 12.1. The van der Waals surface area contributed by atoms with Crippen LogP contribution in [0.2, 0.25) is 0 Å². The fourth-order valence-electron chi connectivity index (χ4n) is 1.34. The number of amides is 2. The number of nitrogens with two attached hydrogens (primary N) is 1. The Morgan fingerprint density at radius 1 is 1.29 bits per heavy atom. The molecule has 0 fully saturated rings. The summed E-state index contributed by atoms with van der Waals surface area (Å²) in [6.45, 7) is 10.5. The Hall–Kier alpha value is -1.10. The van der Waals surface area contributed by atoms with Crippen LogP contribution in [0.15, 0.2) is 0 Å². The molecule has 0 saturated heterocycles. The summed E-state index contributed by atoms with van der Waals surface area (Å²) in [6.07, 6.45) is 0. The predicted octanol–water partition coefficient (Wildman–Crippen LogP) is 0.344. The van der Waals surface area contributed by atoms with Gasteiger partial charge in [0.2, 0.25) is 11.8 Å². The van der Waals surface area contributed by atoms with Crippen LogP contribution in [0, 0.1) is 5.41 Å². The summed E-state index contributed by atoms with van der Waals surface area (Å²) in [6, 6.07) is -0.586. The minimum Gasteiger partial charge on any atom is -0.355 e. The van der Waals surface area contributed by atoms with Gasteiger partial charge in [-0.25, -0.2) is 0 Å². The van der Waals surface area contributed by atoms with E-state index in [4.69, 9.17) is 5.73 Å². The number of hydrogen-bond acceptors (Lipinski definition) is 3. The van der Waals surface area contributed by atoms with Crippen molar-refractivity contribution in [3.63, 3.8) is 0 Å². The highest BCUT2D eigenvalue weighted by Crippen LogP contribution is 2.18. The number of carbonyl (C=O) groups excluding carboxylic acids is 2. The van der Waals surface area contributed by atoms with Gasteiger partial charge in [0.05, 0.1) is 12.6 Å². The van der Waals surface area contributed by atoms with E-state index in [1.165, 1.54) is 4.90 Å². The molecular formula is C12H25N3O2. The Morgan fingerprint density at radius 2 is 1.82 bits per heavy atom. The zero-order valence-corrected chi connectivity index (χ0v) is 11.5. The average Bonchev–Trinajstić information content (AvgIpc) is 2.23. The molecule has 0 rings (SSSR count). The van der Waals surface area contributed by atoms with Crippen LogP contribution in [0.1, 0.15) is 34.6 Å². The third-order valence-corrected chi connectivity index (χ3v) is 2.60. The normalized spacial score (nSPS) is 13.1. The first-order valence-corrected chi connectivity index (χ1v) is 6.05. The second-order valence-corrected chi connectivity index (χ2v) is 5.15. The molecule has 0 saturated carbocycles. The van der Waals surface area contributed by atoms with Crippen LogP contribution in [0.4, 0.5) is 0 Å². The molecule has 5 nitrogen and oxygen atoms in total. The molecule has 17 heavy (non-hydrogen) atoms. The molecule has 0 aromatic carbocycles. The number of nitrogens with zero attached hydrogens (tertiary/aromatic N) is 1. The number of nitrogens with one attached hydrogen (secondary N) is 1. The zero-order chi connectivity index (χ0) is 13.6. The van der Waals surface area contributed by atoms with E-state index in [2.05, 4.69) is 5.32 Å². The standard InChI is InChI=1S/C12H25N3O2/c1-6-14-9(16)8-15(7-2)11(17)10(13)12(3,4)5/h10H,6-8,13H2,1-5H3,(H,14,16)/t10-/m0/s1. The van der Waals surface area contributed by atoms with Gasteiger partial charge in [-0.3, -0.25) is 9.59 Å². The zero-order valence-electron chi connectivity index (χ0n) is 11.5. The Morgan fingerprint density at radius 3 is 2.18 bits per heavy atom. The molecular weight excluding hydrogens is 218 g/mol. The van der Waals surface area contributed by atoms with Crippen LogP contribution in [-0.2, 0) is 9.59 Å². The van der Waals surface area contributed by atoms with Crippen molar-refractivity contribution in [1.82, 2.24) is 10.2 Å². The fraction of sp³-hybridized carbons (Fsp3) is 0.833. The topological polar surface area (TPSA) is 75.4 Å². The lowest BCUT2D eigenvalue weighted by molar-refractivity contribution is -0.138. The Kier molecular flexibility index (Phi) is 6.16. The molecule has 0 heterocycles. The first kappa shape index (κ1) is 15.9. The minimum atomic E-state index is -0.586. The summed E-state index contributed by atoms with van der Waals surface area (Å²) in [7, 11) is 0. The first-order chi connectivity index (χ1) is 7.73. The van der Waals surface area contributed by atoms with Crippen LogP contribution in [0.3, 0.4) is 0 Å². The van der Waals surface area contributed by atoms with Crippen molar-refractivity contribution in [3.05, 3.63) is 0 Å². The summed E-state index contributed by atoms with van der Waals surface area (Å²) in [5.41, 5.74) is 5.60. The molecule has 100 valence electrons. The number of rotatable bonds is 5. The third-order valence-electron chi connectivity index (χ3n) is 2.60. The van der Waals surface area contributed by atoms with Crippen LogP contribution >= 0.6 is 0 Å². The Balaban J connectivity index is 4.56. The molecule has 0 spiro atoms. The second kappa shape index (κ2) is 6.59. The van der Waals surface area contributed by atoms with Gasteiger partial charge < -0.3 is 16.0 Å². The molecule has 0 aromatic heterocycles. The van der Waals surface area contributed by atoms with Crippen LogP contribution in [0.25, 0.3) is 0 Å². The van der Waals surface area contributed by atoms with Crippen LogP contribution < -0.4 is 11.1 Å². The maximum Gasteiger partial charge on any atom is 0.240 e. The fourth-order valence-corrected chi connectivity index (χ4v) is 1.34. The molecule has 5 heteroatoms. The highest BCUT2D eigenvalue weighted by molar-refractivity contribution is 5.87. The van der Waals surface area contributed by atoms with Gasteiger partial charge >= 0.3 is 0 Å². The molecule has 3 N–H and O–H groups in total. The lowest BCUT2D eigenvalue weighted by atomic mass is 9.86. The van der Waals surface area contributed by atoms with Gasteiger partial charge in [0.15, 0.2) is 0 Å². The summed E-state index contributed by atoms with van der Waals surface area (Å²) in [5, 5.41) is 2.67. The number of likely N-dealkylation sites (N-methyl/N-ethyl adjacent to an activating group) is 2. The summed E-state index contributed by atoms with van der Waals surface area (Å²) in [5.74, 6) is -0.324. The Labute approximate surface area is 104 Å². The van der Waals surface area contributed by atoms with Gasteiger partial charge in [-0.2, -0.15) is 0 Å². The van der Waals surface area contributed by atoms with Gasteiger partial charge in [0.1, 0.15) is 0 Å². The molecule has 0 aromatic rings. The van der Waals surface area contributed by atoms with Crippen molar-refractivity contribution in [2.24, 2.45) is 11.1 Å². The van der Waals surface area contributed by atoms with Gasteiger partial charge in [0.25, 0.3) is 0 Å². The van der Waals surface area contributed by atoms with Crippen molar-refractivity contribution >= 4 is 11.8 Å². The van der Waals surface area contributed by atoms with E-state index in [1.54, 1.807) is 0 Å². The van der Waals surface area contributed by atoms with E-state index in [1.807, 2.05) is 34.6 Å². The summed E-state index contributed by atoms with van der Waals surface area (Å²) >= 11 is 0. The molecule has 0 aliphatic carbocycles. The highest BCUT2D eigenvalue weighted by Gasteiger charge is 2.31. The van der Waals surface area contributed by atoms with Gasteiger partial charge in [-0.15, -0.1) is 0 Å². The molecule has 2 amide bonds. The molecule has 0 aliphatic heterocycles. The SMILES string of the molecule is CCNC(=O)CN(CC)C(=O)[C@H](N)C(C)(C)C. The maximum atomic E-state index is 12.1. The summed E-state index contributed by atoms with van der Waals surface area (Å²) in [4.78, 5) is 25.0. The van der Waals surface area contributed by atoms with Crippen molar-refractivity contribution in [2.75, 3.05) is 19.6 Å². The van der Waals surface area contributed by atoms with E-state index in [9.17, 15) is 9.59 Å². The van der Waals surface area contributed by atoms with E-state index < -0.39 is 6.04 Å². The quantitative estimate of drug-likeness (QED) is 0.731. The second-order valence-electron chi connectivity index (χ2n) is 5.15. The molecule has 0 unspecified atom stereocenters. The highest BCUT2D eigenvalue weighted by atomic mass is 16.2. The Bertz CT molecular complexity index is 271. The predicted molar refractivity (Wildman–Crippen MR) is 68.4 cm³/mol. The van der Waals surface area contributed by atoms with Gasteiger partial charge in [-0.05, 0) is 19.3 Å². The minimum absolute atomic E-state index is 0.0763. The van der Waals surface area contributed by atoms with Crippen molar-refractivity contribution in [3.8, 4) is 0 Å². The molecule has 0 aliphatic rings. The number of carbonyl (C=O) groups is 2. The first-order valence-electron chi connectivity index (χ1n) is 6.05. The van der Waals surface area contributed by atoms with E-state index in [0.717, 1.165) is 0 Å². The van der Waals surface area contributed by atoms with E-state index in [-0.39, 0.29) is 23.8 Å². The number of hydrogen-bond donors (Lipinski definition) is 2. The van der Waals surface area contributed by atoms with E-state index >= 15 is 0 Å². The van der Waals surface area contributed by atoms with E-state index in [0.29, 0.717) is 13.1 Å². The van der Waals surface area contributed by atoms with Crippen LogP contribution in [0.5, 0.6) is 0 Å². The van der Waals surface area contributed by atoms with Gasteiger partial charge in [0, 0.05) is 13.1 Å². The third kappa shape index (κ3) is 5.17. The van der Waals surface area contributed by atoms with Crippen LogP contribution in [-0.4, -0.2) is 42.4 Å².